The van der Waals surface area contributed by atoms with Crippen molar-refractivity contribution in [2.45, 2.75) is 0 Å². The van der Waals surface area contributed by atoms with Gasteiger partial charge in [0, 0.05) is 10.7 Å². The summed E-state index contributed by atoms with van der Waals surface area (Å²) in [5.74, 6) is -0.389. The van der Waals surface area contributed by atoms with E-state index in [9.17, 15) is 9.18 Å². The summed E-state index contributed by atoms with van der Waals surface area (Å²) in [7, 11) is 0. The van der Waals surface area contributed by atoms with E-state index in [4.69, 9.17) is 28.6 Å². The Morgan fingerprint density at radius 1 is 1.00 bits per heavy atom. The fraction of sp³-hybridized carbons (Fsp3) is 0. The van der Waals surface area contributed by atoms with Crippen LogP contribution in [-0.2, 0) is 0 Å². The Hall–Kier alpha value is -3.29. The number of ether oxygens (including phenoxy) is 1. The highest BCUT2D eigenvalue weighted by Gasteiger charge is 2.08. The standard InChI is InChI=1S/C21H15ClFN3O2S/c22-16-5-3-15(4-6-16)20(27)28-19-11-1-14(2-12-19)13-24-26-21(29)25-18-9-7-17(23)8-10-18/h1-13H,(H2,25,26,29)/b24-13-. The molecule has 0 amide bonds. The summed E-state index contributed by atoms with van der Waals surface area (Å²) in [5, 5.41) is 7.72. The molecule has 5 nitrogen and oxygen atoms in total. The van der Waals surface area contributed by atoms with E-state index in [-0.39, 0.29) is 10.9 Å². The molecule has 3 aromatic carbocycles. The van der Waals surface area contributed by atoms with Crippen LogP contribution < -0.4 is 15.5 Å². The maximum absolute atomic E-state index is 12.9. The van der Waals surface area contributed by atoms with Gasteiger partial charge < -0.3 is 10.1 Å². The number of halogens is 2. The Balaban J connectivity index is 1.50. The molecule has 0 bridgehead atoms. The van der Waals surface area contributed by atoms with Crippen LogP contribution in [0.1, 0.15) is 15.9 Å². The van der Waals surface area contributed by atoms with Gasteiger partial charge in [0.15, 0.2) is 5.11 Å². The first-order valence-corrected chi connectivity index (χ1v) is 9.22. The first-order valence-electron chi connectivity index (χ1n) is 8.43. The smallest absolute Gasteiger partial charge is 0.343 e. The summed E-state index contributed by atoms with van der Waals surface area (Å²) in [4.78, 5) is 12.1. The van der Waals surface area contributed by atoms with Crippen LogP contribution in [0.3, 0.4) is 0 Å². The SMILES string of the molecule is O=C(Oc1ccc(/C=N\NC(=S)Nc2ccc(F)cc2)cc1)c1ccc(Cl)cc1. The second-order valence-corrected chi connectivity index (χ2v) is 6.64. The molecule has 0 saturated heterocycles. The van der Waals surface area contributed by atoms with Gasteiger partial charge in [0.05, 0.1) is 11.8 Å². The number of esters is 1. The molecule has 0 saturated carbocycles. The van der Waals surface area contributed by atoms with Crippen LogP contribution in [0.25, 0.3) is 0 Å². The molecule has 29 heavy (non-hydrogen) atoms. The third-order valence-electron chi connectivity index (χ3n) is 3.65. The molecule has 0 unspecified atom stereocenters. The van der Waals surface area contributed by atoms with Gasteiger partial charge in [0.25, 0.3) is 0 Å². The summed E-state index contributed by atoms with van der Waals surface area (Å²) in [6, 6.07) is 19.0. The zero-order valence-electron chi connectivity index (χ0n) is 14.9. The molecule has 0 fully saturated rings. The van der Waals surface area contributed by atoms with Gasteiger partial charge in [-0.1, -0.05) is 11.6 Å². The van der Waals surface area contributed by atoms with E-state index < -0.39 is 5.97 Å². The van der Waals surface area contributed by atoms with Crippen LogP contribution >= 0.6 is 23.8 Å². The van der Waals surface area contributed by atoms with Crippen LogP contribution in [0.4, 0.5) is 10.1 Å². The highest BCUT2D eigenvalue weighted by Crippen LogP contribution is 2.15. The maximum atomic E-state index is 12.9. The van der Waals surface area contributed by atoms with E-state index in [1.165, 1.54) is 12.1 Å². The average molecular weight is 428 g/mol. The number of hydrogen-bond donors (Lipinski definition) is 2. The number of thiocarbonyl (C=S) groups is 1. The number of carbonyl (C=O) groups excluding carboxylic acids is 1. The van der Waals surface area contributed by atoms with Gasteiger partial charge in [0.1, 0.15) is 11.6 Å². The average Bonchev–Trinajstić information content (AvgIpc) is 2.71. The first-order chi connectivity index (χ1) is 14.0. The van der Waals surface area contributed by atoms with E-state index in [1.54, 1.807) is 66.9 Å². The van der Waals surface area contributed by atoms with Crippen molar-refractivity contribution in [1.82, 2.24) is 5.43 Å². The van der Waals surface area contributed by atoms with Gasteiger partial charge in [-0.3, -0.25) is 5.43 Å². The lowest BCUT2D eigenvalue weighted by molar-refractivity contribution is 0.0735. The van der Waals surface area contributed by atoms with Crippen molar-refractivity contribution in [3.8, 4) is 5.75 Å². The quantitative estimate of drug-likeness (QED) is 0.197. The molecule has 0 heterocycles. The molecule has 0 aromatic heterocycles. The second kappa shape index (κ2) is 9.77. The minimum absolute atomic E-state index is 0.265. The number of hydrogen-bond acceptors (Lipinski definition) is 4. The lowest BCUT2D eigenvalue weighted by Crippen LogP contribution is -2.23. The van der Waals surface area contributed by atoms with Crippen molar-refractivity contribution in [3.05, 3.63) is 94.8 Å². The molecule has 0 atom stereocenters. The number of benzene rings is 3. The second-order valence-electron chi connectivity index (χ2n) is 5.80. The van der Waals surface area contributed by atoms with Gasteiger partial charge >= 0.3 is 5.97 Å². The van der Waals surface area contributed by atoms with Crippen molar-refractivity contribution in [2.24, 2.45) is 5.10 Å². The Bertz CT molecular complexity index is 1020. The summed E-state index contributed by atoms with van der Waals surface area (Å²) in [5.41, 5.74) is 4.49. The zero-order valence-corrected chi connectivity index (χ0v) is 16.5. The molecule has 0 aliphatic carbocycles. The van der Waals surface area contributed by atoms with Gasteiger partial charge in [-0.05, 0) is 90.6 Å². The monoisotopic (exact) mass is 427 g/mol. The molecule has 0 radical (unpaired) electrons. The van der Waals surface area contributed by atoms with Crippen LogP contribution in [0, 0.1) is 5.82 Å². The molecular formula is C21H15ClFN3O2S. The fourth-order valence-corrected chi connectivity index (χ4v) is 2.53. The zero-order chi connectivity index (χ0) is 20.6. The van der Waals surface area contributed by atoms with Gasteiger partial charge in [0.2, 0.25) is 0 Å². The topological polar surface area (TPSA) is 62.7 Å². The number of hydrazone groups is 1. The molecule has 0 aliphatic rings. The van der Waals surface area contributed by atoms with Crippen molar-refractivity contribution < 1.29 is 13.9 Å². The highest BCUT2D eigenvalue weighted by atomic mass is 35.5. The molecule has 8 heteroatoms. The number of rotatable bonds is 5. The summed E-state index contributed by atoms with van der Waals surface area (Å²) in [6.45, 7) is 0. The van der Waals surface area contributed by atoms with Crippen molar-refractivity contribution in [2.75, 3.05) is 5.32 Å². The fourth-order valence-electron chi connectivity index (χ4n) is 2.23. The molecule has 3 aromatic rings. The van der Waals surface area contributed by atoms with Crippen LogP contribution in [-0.4, -0.2) is 17.3 Å². The van der Waals surface area contributed by atoms with E-state index in [1.807, 2.05) is 0 Å². The largest absolute Gasteiger partial charge is 0.423 e. The van der Waals surface area contributed by atoms with Gasteiger partial charge in [-0.15, -0.1) is 0 Å². The lowest BCUT2D eigenvalue weighted by Gasteiger charge is -2.06. The molecule has 3 rings (SSSR count). The minimum atomic E-state index is -0.470. The van der Waals surface area contributed by atoms with Crippen molar-refractivity contribution in [3.63, 3.8) is 0 Å². The Labute approximate surface area is 177 Å². The number of anilines is 1. The first kappa shape index (κ1) is 20.4. The van der Waals surface area contributed by atoms with Crippen LogP contribution in [0.15, 0.2) is 77.9 Å². The minimum Gasteiger partial charge on any atom is -0.423 e. The lowest BCUT2D eigenvalue weighted by atomic mass is 10.2. The predicted molar refractivity (Wildman–Crippen MR) is 116 cm³/mol. The van der Waals surface area contributed by atoms with Crippen LogP contribution in [0.2, 0.25) is 5.02 Å². The molecule has 0 aliphatic heterocycles. The molecule has 146 valence electrons. The van der Waals surface area contributed by atoms with E-state index >= 15 is 0 Å². The molecular weight excluding hydrogens is 413 g/mol. The number of nitrogens with one attached hydrogen (secondary N) is 2. The summed E-state index contributed by atoms with van der Waals surface area (Å²) < 4.78 is 18.2. The normalized spacial score (nSPS) is 10.6. The van der Waals surface area contributed by atoms with Crippen molar-refractivity contribution in [1.29, 1.82) is 0 Å². The summed E-state index contributed by atoms with van der Waals surface area (Å²) >= 11 is 10.9. The maximum Gasteiger partial charge on any atom is 0.343 e. The van der Waals surface area contributed by atoms with Gasteiger partial charge in [-0.25, -0.2) is 9.18 Å². The Morgan fingerprint density at radius 2 is 1.66 bits per heavy atom. The highest BCUT2D eigenvalue weighted by molar-refractivity contribution is 7.80. The molecule has 2 N–H and O–H groups in total. The third kappa shape index (κ3) is 6.38. The summed E-state index contributed by atoms with van der Waals surface area (Å²) in [6.07, 6.45) is 1.56. The van der Waals surface area contributed by atoms with Gasteiger partial charge in [-0.2, -0.15) is 5.10 Å². The number of nitrogens with zero attached hydrogens (tertiary/aromatic N) is 1. The van der Waals surface area contributed by atoms with E-state index in [0.717, 1.165) is 5.56 Å². The Morgan fingerprint density at radius 3 is 2.31 bits per heavy atom. The molecule has 0 spiro atoms. The number of carbonyl (C=O) groups is 1. The Kier molecular flexibility index (Phi) is 6.89. The van der Waals surface area contributed by atoms with Crippen molar-refractivity contribution >= 4 is 46.8 Å². The predicted octanol–water partition coefficient (Wildman–Crippen LogP) is 5.02. The third-order valence-corrected chi connectivity index (χ3v) is 4.10. The van der Waals surface area contributed by atoms with E-state index in [0.29, 0.717) is 22.0 Å². The van der Waals surface area contributed by atoms with E-state index in [2.05, 4.69) is 15.8 Å². The van der Waals surface area contributed by atoms with Crippen LogP contribution in [0.5, 0.6) is 5.75 Å².